The number of ether oxygens (including phenoxy) is 1. The Morgan fingerprint density at radius 2 is 1.78 bits per heavy atom. The molecule has 1 rings (SSSR count). The molecule has 0 spiro atoms. The van der Waals surface area contributed by atoms with Crippen molar-refractivity contribution in [2.24, 2.45) is 0 Å². The van der Waals surface area contributed by atoms with Gasteiger partial charge in [0.2, 0.25) is 0 Å². The Kier molecular flexibility index (Phi) is 5.41. The van der Waals surface area contributed by atoms with Crippen LogP contribution in [-0.2, 0) is 9.53 Å². The number of carbonyl (C=O) groups excluding carboxylic acids is 1. The van der Waals surface area contributed by atoms with Crippen LogP contribution in [0.15, 0.2) is 0 Å². The fraction of sp³-hybridized carbons (Fsp3) is 0.889. The summed E-state index contributed by atoms with van der Waals surface area (Å²) < 4.78 is 4.96. The van der Waals surface area contributed by atoms with E-state index in [1.54, 1.807) is 0 Å². The van der Waals surface area contributed by atoms with Crippen molar-refractivity contribution in [2.75, 3.05) is 13.2 Å². The number of aliphatic hydroxyl groups is 6. The molecular formula is C9H17NO8. The van der Waals surface area contributed by atoms with Crippen LogP contribution in [0.2, 0.25) is 0 Å². The highest BCUT2D eigenvalue weighted by molar-refractivity contribution is 5.80. The van der Waals surface area contributed by atoms with E-state index in [1.807, 2.05) is 5.32 Å². The predicted molar refractivity (Wildman–Crippen MR) is 55.0 cm³/mol. The van der Waals surface area contributed by atoms with Crippen LogP contribution in [0.4, 0.5) is 0 Å². The molecule has 1 aliphatic rings. The van der Waals surface area contributed by atoms with Gasteiger partial charge in [-0.2, -0.15) is 0 Å². The van der Waals surface area contributed by atoms with Crippen LogP contribution < -0.4 is 5.32 Å². The van der Waals surface area contributed by atoms with Crippen LogP contribution >= 0.6 is 0 Å². The number of amides is 1. The second-order valence-corrected chi connectivity index (χ2v) is 3.96. The molecule has 0 aromatic carbocycles. The zero-order valence-corrected chi connectivity index (χ0v) is 9.38. The van der Waals surface area contributed by atoms with Gasteiger partial charge in [-0.1, -0.05) is 0 Å². The third-order valence-corrected chi connectivity index (χ3v) is 2.65. The predicted octanol–water partition coefficient (Wildman–Crippen LogP) is -4.74. The monoisotopic (exact) mass is 267 g/mol. The van der Waals surface area contributed by atoms with Gasteiger partial charge in [-0.3, -0.25) is 4.79 Å². The van der Waals surface area contributed by atoms with Crippen LogP contribution in [0.3, 0.4) is 0 Å². The highest BCUT2D eigenvalue weighted by Gasteiger charge is 2.44. The van der Waals surface area contributed by atoms with Crippen LogP contribution in [0.25, 0.3) is 0 Å². The van der Waals surface area contributed by atoms with Crippen LogP contribution in [-0.4, -0.2) is 86.5 Å². The molecule has 0 bridgehead atoms. The molecule has 0 saturated carbocycles. The maximum Gasteiger partial charge on any atom is 0.253 e. The lowest BCUT2D eigenvalue weighted by Gasteiger charge is -2.40. The van der Waals surface area contributed by atoms with Crippen molar-refractivity contribution in [3.8, 4) is 0 Å². The van der Waals surface area contributed by atoms with E-state index >= 15 is 0 Å². The van der Waals surface area contributed by atoms with E-state index in [0.717, 1.165) is 0 Å². The van der Waals surface area contributed by atoms with E-state index in [-0.39, 0.29) is 0 Å². The molecule has 1 saturated heterocycles. The van der Waals surface area contributed by atoms with Gasteiger partial charge in [-0.15, -0.1) is 0 Å². The molecule has 9 heteroatoms. The summed E-state index contributed by atoms with van der Waals surface area (Å²) in [5, 5.41) is 56.9. The first-order chi connectivity index (χ1) is 8.42. The van der Waals surface area contributed by atoms with Gasteiger partial charge in [0, 0.05) is 0 Å². The quantitative estimate of drug-likeness (QED) is 0.267. The Bertz CT molecular complexity index is 286. The van der Waals surface area contributed by atoms with Crippen molar-refractivity contribution in [3.05, 3.63) is 0 Å². The molecule has 0 aromatic rings. The maximum atomic E-state index is 11.3. The summed E-state index contributed by atoms with van der Waals surface area (Å²) in [6, 6.07) is 0. The molecule has 18 heavy (non-hydrogen) atoms. The average Bonchev–Trinajstić information content (AvgIpc) is 2.38. The van der Waals surface area contributed by atoms with Crippen molar-refractivity contribution >= 4 is 5.91 Å². The van der Waals surface area contributed by atoms with Gasteiger partial charge in [0.05, 0.1) is 13.2 Å². The zero-order chi connectivity index (χ0) is 13.9. The van der Waals surface area contributed by atoms with E-state index in [1.165, 1.54) is 0 Å². The first-order valence-electron chi connectivity index (χ1n) is 5.32. The Balaban J connectivity index is 2.67. The minimum absolute atomic E-state index is 0.625. The molecule has 9 nitrogen and oxygen atoms in total. The lowest BCUT2D eigenvalue weighted by atomic mass is 9.98. The number of carbonyl (C=O) groups is 1. The molecule has 7 N–H and O–H groups in total. The third kappa shape index (κ3) is 3.14. The molecule has 1 heterocycles. The van der Waals surface area contributed by atoms with E-state index in [2.05, 4.69) is 0 Å². The zero-order valence-electron chi connectivity index (χ0n) is 9.38. The number of aliphatic hydroxyl groups excluding tert-OH is 6. The molecule has 0 aromatic heterocycles. The molecule has 2 unspecified atom stereocenters. The van der Waals surface area contributed by atoms with E-state index in [4.69, 9.17) is 20.1 Å². The molecule has 1 fully saturated rings. The summed E-state index contributed by atoms with van der Waals surface area (Å²) in [6.07, 6.45) is -9.03. The van der Waals surface area contributed by atoms with Gasteiger partial charge in [-0.25, -0.2) is 0 Å². The van der Waals surface area contributed by atoms with Crippen molar-refractivity contribution in [2.45, 2.75) is 36.7 Å². The minimum Gasteiger partial charge on any atom is -0.394 e. The Morgan fingerprint density at radius 1 is 1.17 bits per heavy atom. The van der Waals surface area contributed by atoms with Crippen LogP contribution in [0, 0.1) is 0 Å². The number of nitrogens with one attached hydrogen (secondary N) is 1. The topological polar surface area (TPSA) is 160 Å². The normalized spacial score (nSPS) is 38.2. The van der Waals surface area contributed by atoms with Gasteiger partial charge in [-0.05, 0) is 0 Å². The van der Waals surface area contributed by atoms with E-state index < -0.39 is 55.9 Å². The molecule has 1 amide bonds. The van der Waals surface area contributed by atoms with Crippen molar-refractivity contribution in [1.82, 2.24) is 5.32 Å². The smallest absolute Gasteiger partial charge is 0.253 e. The minimum atomic E-state index is -1.70. The third-order valence-electron chi connectivity index (χ3n) is 2.65. The Hall–Kier alpha value is -0.810. The van der Waals surface area contributed by atoms with Gasteiger partial charge in [0.25, 0.3) is 5.91 Å². The molecule has 0 radical (unpaired) electrons. The van der Waals surface area contributed by atoms with E-state index in [9.17, 15) is 20.1 Å². The number of rotatable bonds is 4. The van der Waals surface area contributed by atoms with Gasteiger partial charge < -0.3 is 40.7 Å². The van der Waals surface area contributed by atoms with Gasteiger partial charge in [0.1, 0.15) is 24.4 Å². The largest absolute Gasteiger partial charge is 0.394 e. The first-order valence-corrected chi connectivity index (χ1v) is 5.32. The summed E-state index contributed by atoms with van der Waals surface area (Å²) in [5.74, 6) is -1.01. The van der Waals surface area contributed by atoms with Crippen molar-refractivity contribution in [3.63, 3.8) is 0 Å². The van der Waals surface area contributed by atoms with Crippen LogP contribution in [0.1, 0.15) is 0 Å². The molecule has 6 atom stereocenters. The summed E-state index contributed by atoms with van der Waals surface area (Å²) in [7, 11) is 0. The van der Waals surface area contributed by atoms with Gasteiger partial charge in [0.15, 0.2) is 12.3 Å². The molecule has 0 aliphatic carbocycles. The average molecular weight is 267 g/mol. The number of hydrogen-bond donors (Lipinski definition) is 7. The lowest BCUT2D eigenvalue weighted by Crippen LogP contribution is -2.64. The lowest BCUT2D eigenvalue weighted by molar-refractivity contribution is -0.236. The second-order valence-electron chi connectivity index (χ2n) is 3.96. The Labute approximate surface area is 102 Å². The van der Waals surface area contributed by atoms with E-state index in [0.29, 0.717) is 0 Å². The fourth-order valence-electron chi connectivity index (χ4n) is 1.54. The standard InChI is InChI=1S/C9H17NO8/c11-1-3(13)8(17)10-9-7(16)6(15)5(14)4(2-12)18-9/h3-7,9,11-16H,1-2H2,(H,10,17)/t3?,4-,5-,6+,7+,9?/m1/s1. The summed E-state index contributed by atoms with van der Waals surface area (Å²) in [4.78, 5) is 11.3. The summed E-state index contributed by atoms with van der Waals surface area (Å²) in [6.45, 7) is -1.44. The highest BCUT2D eigenvalue weighted by atomic mass is 16.6. The maximum absolute atomic E-state index is 11.3. The van der Waals surface area contributed by atoms with Crippen LogP contribution in [0.5, 0.6) is 0 Å². The molecular weight excluding hydrogens is 250 g/mol. The highest BCUT2D eigenvalue weighted by Crippen LogP contribution is 2.19. The summed E-state index contributed by atoms with van der Waals surface area (Å²) in [5.41, 5.74) is 0. The summed E-state index contributed by atoms with van der Waals surface area (Å²) >= 11 is 0. The second kappa shape index (κ2) is 6.38. The number of hydrogen-bond acceptors (Lipinski definition) is 8. The van der Waals surface area contributed by atoms with Crippen molar-refractivity contribution in [1.29, 1.82) is 0 Å². The SMILES string of the molecule is O=C(NC1O[C@H](CO)[C@@H](O)[C@H](O)[C@@H]1O)C(O)CO. The fourth-order valence-corrected chi connectivity index (χ4v) is 1.54. The van der Waals surface area contributed by atoms with Crippen molar-refractivity contribution < 1.29 is 40.2 Å². The molecule has 1 aliphatic heterocycles. The first kappa shape index (κ1) is 15.2. The Morgan fingerprint density at radius 3 is 2.28 bits per heavy atom. The molecule has 106 valence electrons. The van der Waals surface area contributed by atoms with Gasteiger partial charge >= 0.3 is 0 Å².